The number of amides is 1. The Balaban J connectivity index is 1.81. The van der Waals surface area contributed by atoms with E-state index in [9.17, 15) is 4.79 Å². The van der Waals surface area contributed by atoms with Crippen molar-refractivity contribution in [3.8, 4) is 0 Å². The summed E-state index contributed by atoms with van der Waals surface area (Å²) in [5.74, 6) is 0. The van der Waals surface area contributed by atoms with Crippen molar-refractivity contribution in [1.82, 2.24) is 4.90 Å². The fourth-order valence-corrected chi connectivity index (χ4v) is 2.43. The first-order chi connectivity index (χ1) is 10.7. The molecule has 0 saturated carbocycles. The van der Waals surface area contributed by atoms with Crippen molar-refractivity contribution in [2.24, 2.45) is 0 Å². The monoisotopic (exact) mass is 297 g/mol. The van der Waals surface area contributed by atoms with Crippen molar-refractivity contribution >= 4 is 6.09 Å². The maximum atomic E-state index is 12.1. The van der Waals surface area contributed by atoms with Gasteiger partial charge in [0.15, 0.2) is 0 Å². The normalized spacial score (nSPS) is 15.4. The minimum Gasteiger partial charge on any atom is -0.445 e. The second-order valence-corrected chi connectivity index (χ2v) is 5.32. The highest BCUT2D eigenvalue weighted by molar-refractivity contribution is 5.68. The molecule has 1 aromatic rings. The summed E-state index contributed by atoms with van der Waals surface area (Å²) < 4.78 is 5.37. The van der Waals surface area contributed by atoms with E-state index in [0.717, 1.165) is 24.0 Å². The van der Waals surface area contributed by atoms with Gasteiger partial charge in [-0.25, -0.2) is 4.79 Å². The van der Waals surface area contributed by atoms with Crippen molar-refractivity contribution in [1.29, 1.82) is 0 Å². The molecule has 0 atom stereocenters. The summed E-state index contributed by atoms with van der Waals surface area (Å²) in [6, 6.07) is 9.75. The van der Waals surface area contributed by atoms with Gasteiger partial charge in [0.2, 0.25) is 0 Å². The maximum Gasteiger partial charge on any atom is 0.410 e. The largest absolute Gasteiger partial charge is 0.445 e. The fourth-order valence-electron chi connectivity index (χ4n) is 2.43. The number of hydrogen-bond acceptors (Lipinski definition) is 2. The second kappa shape index (κ2) is 8.23. The topological polar surface area (TPSA) is 29.5 Å². The van der Waals surface area contributed by atoms with E-state index < -0.39 is 0 Å². The quantitative estimate of drug-likeness (QED) is 0.767. The van der Waals surface area contributed by atoms with Crippen LogP contribution in [0.4, 0.5) is 4.79 Å². The van der Waals surface area contributed by atoms with Crippen LogP contribution in [0.1, 0.15) is 25.3 Å². The first kappa shape index (κ1) is 16.1. The third kappa shape index (κ3) is 4.62. The Hall–Kier alpha value is -2.29. The lowest BCUT2D eigenvalue weighted by atomic mass is 10.0. The summed E-state index contributed by atoms with van der Waals surface area (Å²) in [5.41, 5.74) is 3.51. The molecule has 0 spiro atoms. The molecule has 1 saturated heterocycles. The molecule has 3 heteroatoms. The minimum absolute atomic E-state index is 0.224. The van der Waals surface area contributed by atoms with E-state index >= 15 is 0 Å². The summed E-state index contributed by atoms with van der Waals surface area (Å²) in [7, 11) is 0. The SMILES string of the molecule is C=C/C(C=C1CCN(C(=O)OCc2ccccc2)CC1)=C\C. The number of rotatable bonds is 4. The molecule has 22 heavy (non-hydrogen) atoms. The van der Waals surface area contributed by atoms with Crippen molar-refractivity contribution in [3.63, 3.8) is 0 Å². The van der Waals surface area contributed by atoms with E-state index in [1.807, 2.05) is 49.4 Å². The predicted molar refractivity (Wildman–Crippen MR) is 89.5 cm³/mol. The van der Waals surface area contributed by atoms with E-state index in [2.05, 4.69) is 12.7 Å². The molecular formula is C19H23NO2. The third-order valence-electron chi connectivity index (χ3n) is 3.81. The van der Waals surface area contributed by atoms with Crippen LogP contribution >= 0.6 is 0 Å². The highest BCUT2D eigenvalue weighted by Gasteiger charge is 2.20. The van der Waals surface area contributed by atoms with E-state index in [1.54, 1.807) is 4.90 Å². The van der Waals surface area contributed by atoms with Crippen molar-refractivity contribution in [3.05, 3.63) is 71.8 Å². The zero-order valence-electron chi connectivity index (χ0n) is 13.1. The van der Waals surface area contributed by atoms with Gasteiger partial charge in [0, 0.05) is 13.1 Å². The zero-order chi connectivity index (χ0) is 15.8. The molecule has 1 amide bonds. The molecule has 1 aliphatic heterocycles. The molecular weight excluding hydrogens is 274 g/mol. The van der Waals surface area contributed by atoms with Crippen LogP contribution in [0.15, 0.2) is 66.3 Å². The van der Waals surface area contributed by atoms with Gasteiger partial charge in [-0.3, -0.25) is 0 Å². The van der Waals surface area contributed by atoms with Crippen molar-refractivity contribution in [2.75, 3.05) is 13.1 Å². The van der Waals surface area contributed by atoms with E-state index in [-0.39, 0.29) is 6.09 Å². The summed E-state index contributed by atoms with van der Waals surface area (Å²) in [6.07, 6.45) is 7.63. The smallest absolute Gasteiger partial charge is 0.410 e. The number of nitrogens with zero attached hydrogens (tertiary/aromatic N) is 1. The molecule has 0 unspecified atom stereocenters. The summed E-state index contributed by atoms with van der Waals surface area (Å²) in [5, 5.41) is 0. The number of hydrogen-bond donors (Lipinski definition) is 0. The molecule has 2 rings (SSSR count). The first-order valence-electron chi connectivity index (χ1n) is 7.66. The Morgan fingerprint density at radius 3 is 2.55 bits per heavy atom. The summed E-state index contributed by atoms with van der Waals surface area (Å²) in [4.78, 5) is 13.9. The maximum absolute atomic E-state index is 12.1. The molecule has 3 nitrogen and oxygen atoms in total. The van der Waals surface area contributed by atoms with Crippen LogP contribution in [0.2, 0.25) is 0 Å². The van der Waals surface area contributed by atoms with Gasteiger partial charge in [-0.2, -0.15) is 0 Å². The number of carbonyl (C=O) groups excluding carboxylic acids is 1. The van der Waals surface area contributed by atoms with Crippen molar-refractivity contribution < 1.29 is 9.53 Å². The van der Waals surface area contributed by atoms with Crippen LogP contribution in [0.3, 0.4) is 0 Å². The summed E-state index contributed by atoms with van der Waals surface area (Å²) >= 11 is 0. The van der Waals surface area contributed by atoms with Gasteiger partial charge in [0.1, 0.15) is 6.61 Å². The molecule has 1 fully saturated rings. The minimum atomic E-state index is -0.224. The average Bonchev–Trinajstić information content (AvgIpc) is 2.59. The fraction of sp³-hybridized carbons (Fsp3) is 0.316. The standard InChI is InChI=1S/C19H23NO2/c1-3-16(4-2)14-17-10-12-20(13-11-17)19(21)22-15-18-8-6-5-7-9-18/h3-9,14H,1,10-13,15H2,2H3/b16-4+. The van der Waals surface area contributed by atoms with E-state index in [4.69, 9.17) is 4.74 Å². The third-order valence-corrected chi connectivity index (χ3v) is 3.81. The Kier molecular flexibility index (Phi) is 6.01. The lowest BCUT2D eigenvalue weighted by Gasteiger charge is -2.27. The molecule has 1 aromatic carbocycles. The summed E-state index contributed by atoms with van der Waals surface area (Å²) in [6.45, 7) is 7.56. The Labute approximate surface area is 132 Å². The number of carbonyl (C=O) groups is 1. The van der Waals surface area contributed by atoms with Gasteiger partial charge in [-0.1, -0.05) is 60.7 Å². The number of ether oxygens (including phenoxy) is 1. The Morgan fingerprint density at radius 2 is 1.95 bits per heavy atom. The lowest BCUT2D eigenvalue weighted by Crippen LogP contribution is -2.36. The molecule has 0 aliphatic carbocycles. The van der Waals surface area contributed by atoms with Gasteiger partial charge in [0.05, 0.1) is 0 Å². The first-order valence-corrected chi connectivity index (χ1v) is 7.66. The Morgan fingerprint density at radius 1 is 1.27 bits per heavy atom. The van der Waals surface area contributed by atoms with Crippen LogP contribution in [0, 0.1) is 0 Å². The molecule has 1 aliphatic rings. The zero-order valence-corrected chi connectivity index (χ0v) is 13.1. The Bertz CT molecular complexity index is 562. The molecule has 116 valence electrons. The van der Waals surface area contributed by atoms with Gasteiger partial charge in [-0.05, 0) is 30.9 Å². The number of benzene rings is 1. The lowest BCUT2D eigenvalue weighted by molar-refractivity contribution is 0.0935. The van der Waals surface area contributed by atoms with Crippen LogP contribution in [0.25, 0.3) is 0 Å². The van der Waals surface area contributed by atoms with Crippen LogP contribution in [0.5, 0.6) is 0 Å². The van der Waals surface area contributed by atoms with Crippen LogP contribution in [-0.2, 0) is 11.3 Å². The number of likely N-dealkylation sites (tertiary alicyclic amines) is 1. The molecule has 0 radical (unpaired) electrons. The second-order valence-electron chi connectivity index (χ2n) is 5.32. The predicted octanol–water partition coefficient (Wildman–Crippen LogP) is 4.48. The number of piperidine rings is 1. The van der Waals surface area contributed by atoms with Gasteiger partial charge in [-0.15, -0.1) is 0 Å². The average molecular weight is 297 g/mol. The number of allylic oxidation sites excluding steroid dienone is 4. The van der Waals surface area contributed by atoms with Gasteiger partial charge in [0.25, 0.3) is 0 Å². The molecule has 0 bridgehead atoms. The van der Waals surface area contributed by atoms with Gasteiger partial charge < -0.3 is 9.64 Å². The molecule has 0 N–H and O–H groups in total. The van der Waals surface area contributed by atoms with E-state index in [1.165, 1.54) is 5.57 Å². The molecule has 1 heterocycles. The van der Waals surface area contributed by atoms with Crippen molar-refractivity contribution in [2.45, 2.75) is 26.4 Å². The van der Waals surface area contributed by atoms with Crippen LogP contribution < -0.4 is 0 Å². The van der Waals surface area contributed by atoms with Crippen LogP contribution in [-0.4, -0.2) is 24.1 Å². The van der Waals surface area contributed by atoms with Gasteiger partial charge >= 0.3 is 6.09 Å². The highest BCUT2D eigenvalue weighted by Crippen LogP contribution is 2.19. The highest BCUT2D eigenvalue weighted by atomic mass is 16.6. The van der Waals surface area contributed by atoms with E-state index in [0.29, 0.717) is 19.7 Å². The molecule has 0 aromatic heterocycles.